The van der Waals surface area contributed by atoms with Crippen molar-refractivity contribution in [1.29, 1.82) is 0 Å². The lowest BCUT2D eigenvalue weighted by molar-refractivity contribution is -0.274. The summed E-state index contributed by atoms with van der Waals surface area (Å²) in [4.78, 5) is 15.9. The molecule has 0 aliphatic carbocycles. The molecule has 3 heterocycles. The Morgan fingerprint density at radius 2 is 1.97 bits per heavy atom. The van der Waals surface area contributed by atoms with E-state index in [-0.39, 0.29) is 30.7 Å². The smallest absolute Gasteiger partial charge is 0.470 e. The van der Waals surface area contributed by atoms with Gasteiger partial charge in [-0.05, 0) is 42.8 Å². The molecule has 2 aromatic carbocycles. The number of hydrogen-bond donors (Lipinski definition) is 2. The van der Waals surface area contributed by atoms with Crippen LogP contribution in [-0.4, -0.2) is 52.0 Å². The van der Waals surface area contributed by atoms with Crippen molar-refractivity contribution < 1.29 is 27.4 Å². The number of aromatic nitrogens is 4. The van der Waals surface area contributed by atoms with E-state index in [1.807, 2.05) is 30.3 Å². The summed E-state index contributed by atoms with van der Waals surface area (Å²) in [5.41, 5.74) is 1.69. The van der Waals surface area contributed by atoms with Crippen LogP contribution in [-0.2, 0) is 17.9 Å². The number of hydrogen-bond acceptors (Lipinski definition) is 6. The number of nitrogens with zero attached hydrogens (tertiary/aromatic N) is 3. The fourth-order valence-electron chi connectivity index (χ4n) is 4.30. The molecule has 1 atom stereocenters. The van der Waals surface area contributed by atoms with Crippen LogP contribution < -0.4 is 20.5 Å². The lowest BCUT2D eigenvalue weighted by Crippen LogP contribution is -2.23. The van der Waals surface area contributed by atoms with Crippen molar-refractivity contribution in [2.24, 2.45) is 0 Å². The minimum atomic E-state index is -4.89. The molecule has 0 amide bonds. The molecule has 0 bridgehead atoms. The van der Waals surface area contributed by atoms with Gasteiger partial charge in [-0.3, -0.25) is 9.55 Å². The molecule has 190 valence electrons. The molecule has 1 aliphatic heterocycles. The number of imidazole rings is 1. The van der Waals surface area contributed by atoms with Crippen LogP contribution >= 0.6 is 0 Å². The molecule has 0 radical (unpaired) electrons. The normalized spacial score (nSPS) is 16.1. The molecule has 5 rings (SSSR count). The largest absolute Gasteiger partial charge is 0.573 e. The third-order valence-electron chi connectivity index (χ3n) is 5.85. The molecule has 1 fully saturated rings. The SMILES string of the molecule is COCc1ccc(OC(F)(F)F)c(Cn2c(=O)[nH]c3c2c(O[C@H]2CCNC2)nn3-c2ccccc2)c1. The summed E-state index contributed by atoms with van der Waals surface area (Å²) in [6.07, 6.45) is -4.28. The number of para-hydroxylation sites is 1. The number of benzene rings is 2. The molecule has 0 spiro atoms. The zero-order valence-electron chi connectivity index (χ0n) is 19.3. The van der Waals surface area contributed by atoms with Crippen LogP contribution in [0.4, 0.5) is 13.2 Å². The van der Waals surface area contributed by atoms with E-state index >= 15 is 0 Å². The van der Waals surface area contributed by atoms with Crippen molar-refractivity contribution in [3.05, 3.63) is 70.1 Å². The van der Waals surface area contributed by atoms with E-state index in [0.717, 1.165) is 13.0 Å². The van der Waals surface area contributed by atoms with E-state index in [0.29, 0.717) is 29.0 Å². The minimum Gasteiger partial charge on any atom is -0.470 e. The zero-order chi connectivity index (χ0) is 25.3. The van der Waals surface area contributed by atoms with Gasteiger partial charge in [0.2, 0.25) is 0 Å². The summed E-state index contributed by atoms with van der Waals surface area (Å²) in [5.74, 6) is -0.186. The van der Waals surface area contributed by atoms with Crippen LogP contribution in [0.1, 0.15) is 17.5 Å². The van der Waals surface area contributed by atoms with Crippen LogP contribution in [0.3, 0.4) is 0 Å². The molecular formula is C24H24F3N5O4. The Labute approximate surface area is 203 Å². The number of ether oxygens (including phenoxy) is 3. The first-order chi connectivity index (χ1) is 17.3. The van der Waals surface area contributed by atoms with Crippen molar-refractivity contribution >= 4 is 11.2 Å². The van der Waals surface area contributed by atoms with Crippen molar-refractivity contribution in [2.75, 3.05) is 20.2 Å². The molecule has 2 aromatic heterocycles. The lowest BCUT2D eigenvalue weighted by atomic mass is 10.1. The lowest BCUT2D eigenvalue weighted by Gasteiger charge is -2.15. The number of halogens is 3. The van der Waals surface area contributed by atoms with E-state index in [9.17, 15) is 18.0 Å². The van der Waals surface area contributed by atoms with Crippen LogP contribution in [0.5, 0.6) is 11.6 Å². The first-order valence-electron chi connectivity index (χ1n) is 11.3. The molecule has 0 saturated carbocycles. The van der Waals surface area contributed by atoms with E-state index in [1.165, 1.54) is 29.9 Å². The highest BCUT2D eigenvalue weighted by atomic mass is 19.4. The van der Waals surface area contributed by atoms with Gasteiger partial charge in [-0.1, -0.05) is 24.3 Å². The first kappa shape index (κ1) is 23.9. The maximum absolute atomic E-state index is 13.1. The van der Waals surface area contributed by atoms with Gasteiger partial charge in [0, 0.05) is 19.2 Å². The van der Waals surface area contributed by atoms with Crippen molar-refractivity contribution in [3.63, 3.8) is 0 Å². The van der Waals surface area contributed by atoms with Crippen LogP contribution in [0, 0.1) is 0 Å². The van der Waals surface area contributed by atoms with Crippen LogP contribution in [0.25, 0.3) is 16.9 Å². The second-order valence-corrected chi connectivity index (χ2v) is 8.42. The van der Waals surface area contributed by atoms with Crippen molar-refractivity contribution in [2.45, 2.75) is 32.0 Å². The van der Waals surface area contributed by atoms with Gasteiger partial charge >= 0.3 is 12.1 Å². The number of fused-ring (bicyclic) bond motifs is 1. The average Bonchev–Trinajstić information content (AvgIpc) is 3.54. The molecule has 1 saturated heterocycles. The topological polar surface area (TPSA) is 95.3 Å². The molecule has 12 heteroatoms. The summed E-state index contributed by atoms with van der Waals surface area (Å²) >= 11 is 0. The molecule has 4 aromatic rings. The number of H-pyrrole nitrogens is 1. The molecular weight excluding hydrogens is 479 g/mol. The summed E-state index contributed by atoms with van der Waals surface area (Å²) in [7, 11) is 1.49. The fourth-order valence-corrected chi connectivity index (χ4v) is 4.30. The minimum absolute atomic E-state index is 0.153. The van der Waals surface area contributed by atoms with Gasteiger partial charge in [0.25, 0.3) is 5.88 Å². The van der Waals surface area contributed by atoms with Crippen LogP contribution in [0.15, 0.2) is 53.3 Å². The number of aromatic amines is 1. The maximum Gasteiger partial charge on any atom is 0.573 e. The Morgan fingerprint density at radius 3 is 2.67 bits per heavy atom. The van der Waals surface area contributed by atoms with Gasteiger partial charge in [-0.25, -0.2) is 9.48 Å². The molecule has 1 aliphatic rings. The van der Waals surface area contributed by atoms with Gasteiger partial charge in [0.05, 0.1) is 18.8 Å². The number of rotatable bonds is 8. The van der Waals surface area contributed by atoms with Gasteiger partial charge < -0.3 is 19.5 Å². The Balaban J connectivity index is 1.63. The third-order valence-corrected chi connectivity index (χ3v) is 5.85. The monoisotopic (exact) mass is 503 g/mol. The van der Waals surface area contributed by atoms with E-state index in [2.05, 4.69) is 20.1 Å². The van der Waals surface area contributed by atoms with Gasteiger partial charge in [0.1, 0.15) is 11.9 Å². The number of alkyl halides is 3. The summed E-state index contributed by atoms with van der Waals surface area (Å²) in [6.45, 7) is 1.39. The van der Waals surface area contributed by atoms with E-state index < -0.39 is 17.8 Å². The van der Waals surface area contributed by atoms with E-state index in [4.69, 9.17) is 9.47 Å². The maximum atomic E-state index is 13.1. The number of nitrogens with one attached hydrogen (secondary N) is 2. The fraction of sp³-hybridized carbons (Fsp3) is 0.333. The van der Waals surface area contributed by atoms with Crippen molar-refractivity contribution in [1.82, 2.24) is 24.6 Å². The van der Waals surface area contributed by atoms with Gasteiger partial charge in [0.15, 0.2) is 11.2 Å². The Morgan fingerprint density at radius 1 is 1.17 bits per heavy atom. The molecule has 36 heavy (non-hydrogen) atoms. The standard InChI is InChI=1S/C24H24F3N5O4/c1-34-14-15-7-8-19(36-24(25,26)27)16(11-15)13-31-20-21(29-23(31)33)32(17-5-3-2-4-6-17)30-22(20)35-18-9-10-28-12-18/h2-8,11,18,28H,9-10,12-14H2,1H3,(H,29,33)/t18-/m0/s1. The predicted molar refractivity (Wildman–Crippen MR) is 125 cm³/mol. The molecule has 0 unspecified atom stereocenters. The summed E-state index contributed by atoms with van der Waals surface area (Å²) in [6, 6.07) is 13.4. The first-order valence-corrected chi connectivity index (χ1v) is 11.3. The van der Waals surface area contributed by atoms with Crippen LogP contribution in [0.2, 0.25) is 0 Å². The Hall–Kier alpha value is -3.77. The third kappa shape index (κ3) is 4.95. The number of methoxy groups -OCH3 is 1. The zero-order valence-corrected chi connectivity index (χ0v) is 19.3. The van der Waals surface area contributed by atoms with E-state index in [1.54, 1.807) is 4.68 Å². The Kier molecular flexibility index (Phi) is 6.46. The van der Waals surface area contributed by atoms with Crippen molar-refractivity contribution in [3.8, 4) is 17.3 Å². The summed E-state index contributed by atoms with van der Waals surface area (Å²) in [5, 5.41) is 7.82. The molecule has 9 nitrogen and oxygen atoms in total. The Bertz CT molecular complexity index is 1410. The molecule has 2 N–H and O–H groups in total. The highest BCUT2D eigenvalue weighted by molar-refractivity contribution is 5.79. The van der Waals surface area contributed by atoms with Gasteiger partial charge in [-0.2, -0.15) is 0 Å². The quantitative estimate of drug-likeness (QED) is 0.383. The average molecular weight is 503 g/mol. The summed E-state index contributed by atoms with van der Waals surface area (Å²) < 4.78 is 57.7. The predicted octanol–water partition coefficient (Wildman–Crippen LogP) is 3.35. The second kappa shape index (κ2) is 9.70. The van der Waals surface area contributed by atoms with Gasteiger partial charge in [-0.15, -0.1) is 18.3 Å². The second-order valence-electron chi connectivity index (χ2n) is 8.42. The highest BCUT2D eigenvalue weighted by Gasteiger charge is 2.32. The highest BCUT2D eigenvalue weighted by Crippen LogP contribution is 2.31.